The molecule has 5 heteroatoms. The number of carbonyl (C=O) groups excluding carboxylic acids is 1. The van der Waals surface area contributed by atoms with Crippen LogP contribution in [-0.4, -0.2) is 52.5 Å². The molecule has 1 unspecified atom stereocenters. The van der Waals surface area contributed by atoms with Gasteiger partial charge in [-0.05, 0) is 50.3 Å². The molecule has 0 spiro atoms. The van der Waals surface area contributed by atoms with Crippen LogP contribution >= 0.6 is 0 Å². The van der Waals surface area contributed by atoms with E-state index in [0.29, 0.717) is 0 Å². The quantitative estimate of drug-likeness (QED) is 0.818. The van der Waals surface area contributed by atoms with Gasteiger partial charge in [0.1, 0.15) is 11.9 Å². The number of fused-ring (bicyclic) bond motifs is 1. The Morgan fingerprint density at radius 3 is 2.64 bits per heavy atom. The molecule has 5 nitrogen and oxygen atoms in total. The number of nitrogens with zero attached hydrogens (tertiary/aromatic N) is 3. The van der Waals surface area contributed by atoms with Crippen LogP contribution in [0.2, 0.25) is 0 Å². The number of carbonyl (C=O) groups is 1. The van der Waals surface area contributed by atoms with Gasteiger partial charge in [0, 0.05) is 44.1 Å². The molecule has 0 bridgehead atoms. The fourth-order valence-electron chi connectivity index (χ4n) is 4.26. The number of aromatic nitrogens is 1. The molecule has 2 aliphatic rings. The number of likely N-dealkylation sites (tertiary alicyclic amines) is 1. The number of ether oxygens (including phenoxy) is 1. The molecule has 1 saturated heterocycles. The maximum absolute atomic E-state index is 13.1. The summed E-state index contributed by atoms with van der Waals surface area (Å²) in [4.78, 5) is 21.5. The summed E-state index contributed by atoms with van der Waals surface area (Å²) < 4.78 is 6.17. The van der Waals surface area contributed by atoms with E-state index >= 15 is 0 Å². The van der Waals surface area contributed by atoms with Gasteiger partial charge in [0.2, 0.25) is 5.91 Å². The second kappa shape index (κ2) is 8.31. The molecular weight excluding hydrogens is 350 g/mol. The molecule has 1 atom stereocenters. The number of hydrogen-bond acceptors (Lipinski definition) is 4. The number of aryl methyl sites for hydroxylation is 1. The van der Waals surface area contributed by atoms with Crippen LogP contribution < -0.4 is 4.74 Å². The molecule has 4 rings (SSSR count). The van der Waals surface area contributed by atoms with Crippen LogP contribution in [0.1, 0.15) is 36.5 Å². The Morgan fingerprint density at radius 1 is 1.14 bits per heavy atom. The highest BCUT2D eigenvalue weighted by molar-refractivity contribution is 5.81. The summed E-state index contributed by atoms with van der Waals surface area (Å²) in [6, 6.07) is 10.3. The third-order valence-electron chi connectivity index (χ3n) is 6.09. The maximum atomic E-state index is 13.1. The van der Waals surface area contributed by atoms with Crippen molar-refractivity contribution in [3.8, 4) is 5.75 Å². The number of rotatable bonds is 4. The fraction of sp³-hybridized carbons (Fsp3) is 0.478. The minimum absolute atomic E-state index is 0.0751. The fourth-order valence-corrected chi connectivity index (χ4v) is 4.26. The van der Waals surface area contributed by atoms with Gasteiger partial charge in [-0.1, -0.05) is 24.3 Å². The van der Waals surface area contributed by atoms with Crippen LogP contribution in [0, 0.1) is 6.92 Å². The van der Waals surface area contributed by atoms with Gasteiger partial charge < -0.3 is 9.64 Å². The topological polar surface area (TPSA) is 45.7 Å². The number of hydrogen-bond donors (Lipinski definition) is 0. The average molecular weight is 380 g/mol. The lowest BCUT2D eigenvalue weighted by Crippen LogP contribution is -2.51. The summed E-state index contributed by atoms with van der Waals surface area (Å²) >= 11 is 0. The van der Waals surface area contributed by atoms with Crippen molar-refractivity contribution in [3.63, 3.8) is 0 Å². The second-order valence-corrected chi connectivity index (χ2v) is 7.95. The first-order chi connectivity index (χ1) is 13.6. The predicted molar refractivity (Wildman–Crippen MR) is 109 cm³/mol. The third kappa shape index (κ3) is 4.04. The van der Waals surface area contributed by atoms with Crippen molar-refractivity contribution in [2.45, 2.75) is 51.8 Å². The SMILES string of the molecule is Cc1cnccc1OC1CCN(C(C)C(=O)N2CCc3ccccc3C2)CC1. The van der Waals surface area contributed by atoms with Crippen molar-refractivity contribution in [3.05, 3.63) is 59.4 Å². The number of pyridine rings is 1. The van der Waals surface area contributed by atoms with Crippen molar-refractivity contribution in [2.75, 3.05) is 19.6 Å². The first-order valence-electron chi connectivity index (χ1n) is 10.3. The number of benzene rings is 1. The zero-order valence-electron chi connectivity index (χ0n) is 16.8. The van der Waals surface area contributed by atoms with Gasteiger partial charge in [0.15, 0.2) is 0 Å². The summed E-state index contributed by atoms with van der Waals surface area (Å²) in [7, 11) is 0. The molecule has 2 aliphatic heterocycles. The average Bonchev–Trinajstić information content (AvgIpc) is 2.74. The second-order valence-electron chi connectivity index (χ2n) is 7.95. The summed E-state index contributed by atoms with van der Waals surface area (Å²) in [5.74, 6) is 1.17. The first kappa shape index (κ1) is 18.9. The Labute approximate surface area is 167 Å². The van der Waals surface area contributed by atoms with E-state index in [4.69, 9.17) is 4.74 Å². The molecule has 1 aromatic heterocycles. The van der Waals surface area contributed by atoms with E-state index in [9.17, 15) is 4.79 Å². The minimum atomic E-state index is -0.0751. The molecule has 1 fully saturated rings. The largest absolute Gasteiger partial charge is 0.490 e. The Balaban J connectivity index is 1.31. The lowest BCUT2D eigenvalue weighted by molar-refractivity contribution is -0.138. The minimum Gasteiger partial charge on any atom is -0.490 e. The van der Waals surface area contributed by atoms with E-state index in [-0.39, 0.29) is 18.1 Å². The summed E-state index contributed by atoms with van der Waals surface area (Å²) in [6.45, 7) is 7.42. The molecule has 0 saturated carbocycles. The van der Waals surface area contributed by atoms with E-state index in [1.54, 1.807) is 6.20 Å². The van der Waals surface area contributed by atoms with E-state index in [1.165, 1.54) is 11.1 Å². The van der Waals surface area contributed by atoms with Crippen LogP contribution in [0.3, 0.4) is 0 Å². The molecule has 1 amide bonds. The van der Waals surface area contributed by atoms with Gasteiger partial charge in [-0.15, -0.1) is 0 Å². The van der Waals surface area contributed by atoms with Crippen molar-refractivity contribution in [2.24, 2.45) is 0 Å². The van der Waals surface area contributed by atoms with Gasteiger partial charge in [-0.25, -0.2) is 0 Å². The summed E-state index contributed by atoms with van der Waals surface area (Å²) in [5.41, 5.74) is 3.73. The van der Waals surface area contributed by atoms with Crippen LogP contribution in [0.15, 0.2) is 42.7 Å². The molecule has 0 aliphatic carbocycles. The summed E-state index contributed by atoms with van der Waals surface area (Å²) in [6.07, 6.45) is 6.67. The van der Waals surface area contributed by atoms with Crippen LogP contribution in [0.25, 0.3) is 0 Å². The molecule has 3 heterocycles. The van der Waals surface area contributed by atoms with E-state index in [2.05, 4.69) is 41.1 Å². The highest BCUT2D eigenvalue weighted by Crippen LogP contribution is 2.24. The van der Waals surface area contributed by atoms with E-state index < -0.39 is 0 Å². The highest BCUT2D eigenvalue weighted by atomic mass is 16.5. The van der Waals surface area contributed by atoms with Crippen LogP contribution in [-0.2, 0) is 17.8 Å². The Morgan fingerprint density at radius 2 is 1.89 bits per heavy atom. The first-order valence-corrected chi connectivity index (χ1v) is 10.3. The number of piperidine rings is 1. The van der Waals surface area contributed by atoms with Gasteiger partial charge >= 0.3 is 0 Å². The van der Waals surface area contributed by atoms with Crippen LogP contribution in [0.4, 0.5) is 0 Å². The Kier molecular flexibility index (Phi) is 5.62. The smallest absolute Gasteiger partial charge is 0.239 e. The van der Waals surface area contributed by atoms with Gasteiger partial charge in [-0.3, -0.25) is 14.7 Å². The molecule has 28 heavy (non-hydrogen) atoms. The van der Waals surface area contributed by atoms with Crippen molar-refractivity contribution >= 4 is 5.91 Å². The summed E-state index contributed by atoms with van der Waals surface area (Å²) in [5, 5.41) is 0. The zero-order valence-corrected chi connectivity index (χ0v) is 16.8. The monoisotopic (exact) mass is 379 g/mol. The van der Waals surface area contributed by atoms with Gasteiger partial charge in [0.25, 0.3) is 0 Å². The molecule has 0 radical (unpaired) electrons. The predicted octanol–water partition coefficient (Wildman–Crippen LogP) is 3.21. The lowest BCUT2D eigenvalue weighted by Gasteiger charge is -2.38. The Bertz CT molecular complexity index is 830. The molecular formula is C23H29N3O2. The lowest BCUT2D eigenvalue weighted by atomic mass is 9.99. The third-order valence-corrected chi connectivity index (χ3v) is 6.09. The van der Waals surface area contributed by atoms with E-state index in [1.807, 2.05) is 24.1 Å². The molecule has 2 aromatic rings. The molecule has 0 N–H and O–H groups in total. The zero-order chi connectivity index (χ0) is 19.5. The van der Waals surface area contributed by atoms with Crippen molar-refractivity contribution in [1.29, 1.82) is 0 Å². The van der Waals surface area contributed by atoms with E-state index in [0.717, 1.165) is 56.8 Å². The van der Waals surface area contributed by atoms with Crippen molar-refractivity contribution in [1.82, 2.24) is 14.8 Å². The van der Waals surface area contributed by atoms with Crippen LogP contribution in [0.5, 0.6) is 5.75 Å². The van der Waals surface area contributed by atoms with Gasteiger partial charge in [-0.2, -0.15) is 0 Å². The number of amides is 1. The highest BCUT2D eigenvalue weighted by Gasteiger charge is 2.31. The van der Waals surface area contributed by atoms with Gasteiger partial charge in [0.05, 0.1) is 6.04 Å². The van der Waals surface area contributed by atoms with Crippen molar-refractivity contribution < 1.29 is 9.53 Å². The maximum Gasteiger partial charge on any atom is 0.239 e. The Hall–Kier alpha value is -2.40. The normalized spacial score (nSPS) is 19.1. The standard InChI is InChI=1S/C23H29N3O2/c1-17-15-24-11-7-22(17)28-21-9-13-25(14-10-21)18(2)23(27)26-12-8-19-5-3-4-6-20(19)16-26/h3-7,11,15,18,21H,8-10,12-14,16H2,1-2H3. The molecule has 1 aromatic carbocycles. The molecule has 148 valence electrons.